The number of aromatic nitrogens is 2. The number of amides is 1. The Labute approximate surface area is 200 Å². The highest BCUT2D eigenvalue weighted by Crippen LogP contribution is 2.27. The van der Waals surface area contributed by atoms with E-state index in [1.54, 1.807) is 53.7 Å². The van der Waals surface area contributed by atoms with Crippen molar-refractivity contribution in [3.63, 3.8) is 0 Å². The van der Waals surface area contributed by atoms with Crippen molar-refractivity contribution in [2.75, 3.05) is 12.4 Å². The number of ether oxygens (including phenoxy) is 2. The van der Waals surface area contributed by atoms with Gasteiger partial charge in [0.05, 0.1) is 18.4 Å². The van der Waals surface area contributed by atoms with Crippen LogP contribution in [-0.4, -0.2) is 34.9 Å². The van der Waals surface area contributed by atoms with Gasteiger partial charge in [0.15, 0.2) is 6.10 Å². The molecule has 0 spiro atoms. The fraction of sp³-hybridized carbons (Fsp3) is 0.120. The number of nitriles is 1. The zero-order valence-corrected chi connectivity index (χ0v) is 19.2. The molecule has 8 nitrogen and oxygen atoms in total. The molecule has 0 bridgehead atoms. The van der Waals surface area contributed by atoms with E-state index in [0.29, 0.717) is 27.6 Å². The Morgan fingerprint density at radius 3 is 2.53 bits per heavy atom. The van der Waals surface area contributed by atoms with E-state index in [1.807, 2.05) is 36.4 Å². The number of carbonyl (C=O) groups excluding carboxylic acids is 2. The molecule has 0 radical (unpaired) electrons. The summed E-state index contributed by atoms with van der Waals surface area (Å²) < 4.78 is 12.3. The lowest BCUT2D eigenvalue weighted by atomic mass is 10.1. The maximum absolute atomic E-state index is 13.1. The van der Waals surface area contributed by atoms with Crippen LogP contribution in [0, 0.1) is 11.3 Å². The molecule has 2 heterocycles. The fourth-order valence-electron chi connectivity index (χ4n) is 3.18. The monoisotopic (exact) mass is 472 g/mol. The molecule has 4 aromatic rings. The van der Waals surface area contributed by atoms with Gasteiger partial charge in [0.2, 0.25) is 0 Å². The average molecular weight is 473 g/mol. The SMILES string of the molecule is COc1ccc(-c2nn(-c3ccccc3)cc2C(=O)OC(C)C(=O)Nc2sccc2C#N)cc1. The normalized spacial score (nSPS) is 11.3. The van der Waals surface area contributed by atoms with Gasteiger partial charge in [-0.3, -0.25) is 4.79 Å². The second kappa shape index (κ2) is 10.0. The maximum Gasteiger partial charge on any atom is 0.342 e. The van der Waals surface area contributed by atoms with Crippen LogP contribution in [0.5, 0.6) is 5.75 Å². The van der Waals surface area contributed by atoms with E-state index in [-0.39, 0.29) is 5.56 Å². The predicted octanol–water partition coefficient (Wildman–Crippen LogP) is 4.67. The van der Waals surface area contributed by atoms with Crippen LogP contribution in [0.3, 0.4) is 0 Å². The second-order valence-corrected chi connectivity index (χ2v) is 8.13. The Bertz CT molecular complexity index is 1350. The number of hydrogen-bond donors (Lipinski definition) is 1. The minimum atomic E-state index is -1.09. The largest absolute Gasteiger partial charge is 0.497 e. The number of anilines is 1. The van der Waals surface area contributed by atoms with Gasteiger partial charge in [0.1, 0.15) is 28.1 Å². The second-order valence-electron chi connectivity index (χ2n) is 7.21. The first-order chi connectivity index (χ1) is 16.5. The Morgan fingerprint density at radius 1 is 1.12 bits per heavy atom. The van der Waals surface area contributed by atoms with Crippen molar-refractivity contribution in [3.8, 4) is 28.8 Å². The van der Waals surface area contributed by atoms with Gasteiger partial charge in [-0.2, -0.15) is 10.4 Å². The number of hydrogen-bond acceptors (Lipinski definition) is 7. The summed E-state index contributed by atoms with van der Waals surface area (Å²) in [5, 5.41) is 18.5. The predicted molar refractivity (Wildman–Crippen MR) is 128 cm³/mol. The van der Waals surface area contributed by atoms with Crippen molar-refractivity contribution in [2.24, 2.45) is 0 Å². The van der Waals surface area contributed by atoms with E-state index >= 15 is 0 Å². The van der Waals surface area contributed by atoms with E-state index in [1.165, 1.54) is 18.3 Å². The molecule has 9 heteroatoms. The van der Waals surface area contributed by atoms with Crippen LogP contribution in [0.4, 0.5) is 5.00 Å². The molecular formula is C25H20N4O4S. The molecule has 0 aliphatic heterocycles. The number of nitrogens with zero attached hydrogens (tertiary/aromatic N) is 3. The molecule has 0 fully saturated rings. The topological polar surface area (TPSA) is 106 Å². The first-order valence-corrected chi connectivity index (χ1v) is 11.2. The van der Waals surface area contributed by atoms with E-state index in [2.05, 4.69) is 10.4 Å². The van der Waals surface area contributed by atoms with Gasteiger partial charge in [-0.1, -0.05) is 18.2 Å². The zero-order valence-electron chi connectivity index (χ0n) is 18.4. The van der Waals surface area contributed by atoms with Crippen LogP contribution < -0.4 is 10.1 Å². The summed E-state index contributed by atoms with van der Waals surface area (Å²) in [6.45, 7) is 1.47. The summed E-state index contributed by atoms with van der Waals surface area (Å²) in [4.78, 5) is 25.7. The van der Waals surface area contributed by atoms with Crippen molar-refractivity contribution in [1.82, 2.24) is 9.78 Å². The van der Waals surface area contributed by atoms with Crippen LogP contribution in [0.1, 0.15) is 22.8 Å². The first-order valence-electron chi connectivity index (χ1n) is 10.3. The van der Waals surface area contributed by atoms with E-state index in [0.717, 1.165) is 5.69 Å². The van der Waals surface area contributed by atoms with Crippen LogP contribution >= 0.6 is 11.3 Å². The van der Waals surface area contributed by atoms with Crippen LogP contribution in [0.25, 0.3) is 16.9 Å². The lowest BCUT2D eigenvalue weighted by Gasteiger charge is -2.13. The molecule has 1 N–H and O–H groups in total. The van der Waals surface area contributed by atoms with Gasteiger partial charge in [0.25, 0.3) is 5.91 Å². The Kier molecular flexibility index (Phi) is 6.71. The van der Waals surface area contributed by atoms with Crippen molar-refractivity contribution < 1.29 is 19.1 Å². The molecule has 0 saturated heterocycles. The highest BCUT2D eigenvalue weighted by atomic mass is 32.1. The van der Waals surface area contributed by atoms with Gasteiger partial charge < -0.3 is 14.8 Å². The van der Waals surface area contributed by atoms with Crippen molar-refractivity contribution in [3.05, 3.63) is 83.4 Å². The molecule has 2 aromatic heterocycles. The van der Waals surface area contributed by atoms with Crippen LogP contribution in [0.2, 0.25) is 0 Å². The quantitative estimate of drug-likeness (QED) is 0.392. The smallest absolute Gasteiger partial charge is 0.342 e. The maximum atomic E-state index is 13.1. The summed E-state index contributed by atoms with van der Waals surface area (Å²) in [6, 6.07) is 20.1. The van der Waals surface area contributed by atoms with Gasteiger partial charge >= 0.3 is 5.97 Å². The minimum Gasteiger partial charge on any atom is -0.497 e. The van der Waals surface area contributed by atoms with Crippen LogP contribution in [0.15, 0.2) is 72.2 Å². The number of carbonyl (C=O) groups is 2. The first kappa shape index (κ1) is 22.8. The summed E-state index contributed by atoms with van der Waals surface area (Å²) in [5.74, 6) is -0.554. The number of benzene rings is 2. The molecule has 1 atom stereocenters. The van der Waals surface area contributed by atoms with Crippen molar-refractivity contribution in [1.29, 1.82) is 5.26 Å². The zero-order chi connectivity index (χ0) is 24.1. The Morgan fingerprint density at radius 2 is 1.85 bits per heavy atom. The third-order valence-electron chi connectivity index (χ3n) is 4.99. The highest BCUT2D eigenvalue weighted by Gasteiger charge is 2.25. The molecule has 4 rings (SSSR count). The number of rotatable bonds is 7. The summed E-state index contributed by atoms with van der Waals surface area (Å²) >= 11 is 1.22. The minimum absolute atomic E-state index is 0.211. The average Bonchev–Trinajstić information content (AvgIpc) is 3.52. The number of methoxy groups -OCH3 is 1. The van der Waals surface area contributed by atoms with E-state index < -0.39 is 18.0 Å². The third kappa shape index (κ3) is 4.82. The lowest BCUT2D eigenvalue weighted by Crippen LogP contribution is -2.30. The van der Waals surface area contributed by atoms with Gasteiger partial charge in [-0.05, 0) is 54.8 Å². The lowest BCUT2D eigenvalue weighted by molar-refractivity contribution is -0.123. The molecule has 1 amide bonds. The Balaban J connectivity index is 1.61. The standard InChI is InChI=1S/C25H20N4O4S/c1-16(23(30)27-24-18(14-26)12-13-34-24)33-25(31)21-15-29(19-6-4-3-5-7-19)28-22(21)17-8-10-20(32-2)11-9-17/h3-13,15-16H,1-2H3,(H,27,30). The highest BCUT2D eigenvalue weighted by molar-refractivity contribution is 7.14. The molecule has 1 unspecified atom stereocenters. The van der Waals surface area contributed by atoms with Crippen molar-refractivity contribution in [2.45, 2.75) is 13.0 Å². The molecule has 0 aliphatic rings. The van der Waals surface area contributed by atoms with E-state index in [4.69, 9.17) is 14.7 Å². The van der Waals surface area contributed by atoms with Crippen molar-refractivity contribution >= 4 is 28.2 Å². The molecule has 170 valence electrons. The summed E-state index contributed by atoms with van der Waals surface area (Å²) in [7, 11) is 1.57. The van der Waals surface area contributed by atoms with Gasteiger partial charge in [0, 0.05) is 11.8 Å². The molecule has 2 aromatic carbocycles. The number of nitrogens with one attached hydrogen (secondary N) is 1. The van der Waals surface area contributed by atoms with E-state index in [9.17, 15) is 9.59 Å². The molecular weight excluding hydrogens is 452 g/mol. The summed E-state index contributed by atoms with van der Waals surface area (Å²) in [6.07, 6.45) is 0.486. The van der Waals surface area contributed by atoms with Gasteiger partial charge in [-0.25, -0.2) is 9.48 Å². The Hall–Kier alpha value is -4.42. The fourth-order valence-corrected chi connectivity index (χ4v) is 3.92. The third-order valence-corrected chi connectivity index (χ3v) is 5.82. The number of esters is 1. The summed E-state index contributed by atoms with van der Waals surface area (Å²) in [5.41, 5.74) is 2.43. The van der Waals surface area contributed by atoms with Gasteiger partial charge in [-0.15, -0.1) is 11.3 Å². The number of thiophene rings is 1. The van der Waals surface area contributed by atoms with Crippen LogP contribution in [-0.2, 0) is 9.53 Å². The number of para-hydroxylation sites is 1. The molecule has 0 saturated carbocycles. The molecule has 0 aliphatic carbocycles. The molecule has 34 heavy (non-hydrogen) atoms.